The molecule has 0 rings (SSSR count). The van der Waals surface area contributed by atoms with E-state index in [1.165, 1.54) is 0 Å². The van der Waals surface area contributed by atoms with Crippen molar-refractivity contribution >= 4 is 5.97 Å². The number of rotatable bonds is 33. The predicted molar refractivity (Wildman–Crippen MR) is 140 cm³/mol. The van der Waals surface area contributed by atoms with Gasteiger partial charge in [0, 0.05) is 6.61 Å². The molecule has 12 heteroatoms. The lowest BCUT2D eigenvalue weighted by atomic mass is 10.1. The maximum atomic E-state index is 10.3. The van der Waals surface area contributed by atoms with Gasteiger partial charge >= 0.3 is 5.97 Å². The first-order chi connectivity index (χ1) is 18.7. The zero-order valence-corrected chi connectivity index (χ0v) is 23.6. The summed E-state index contributed by atoms with van der Waals surface area (Å²) in [4.78, 5) is 10.3. The van der Waals surface area contributed by atoms with Gasteiger partial charge in [-0.15, -0.1) is 0 Å². The van der Waals surface area contributed by atoms with Crippen LogP contribution in [0.5, 0.6) is 0 Å². The number of aliphatic carboxylic acids is 1. The number of hydrogen-bond donors (Lipinski definition) is 1. The van der Waals surface area contributed by atoms with Crippen molar-refractivity contribution in [2.45, 2.75) is 26.7 Å². The van der Waals surface area contributed by atoms with Crippen molar-refractivity contribution in [3.05, 3.63) is 0 Å². The molecule has 0 aromatic carbocycles. The van der Waals surface area contributed by atoms with Gasteiger partial charge in [-0.2, -0.15) is 0 Å². The summed E-state index contributed by atoms with van der Waals surface area (Å²) in [5.74, 6) is -0.276. The van der Waals surface area contributed by atoms with Crippen molar-refractivity contribution in [3.8, 4) is 0 Å². The van der Waals surface area contributed by atoms with Crippen LogP contribution in [-0.4, -0.2) is 143 Å². The Morgan fingerprint density at radius 1 is 0.474 bits per heavy atom. The van der Waals surface area contributed by atoms with Crippen molar-refractivity contribution in [1.29, 1.82) is 0 Å². The molecule has 0 aliphatic rings. The Bertz CT molecular complexity index is 470. The fraction of sp³-hybridized carbons (Fsp3) is 0.962. The molecule has 0 radical (unpaired) electrons. The first-order valence-electron chi connectivity index (χ1n) is 13.7. The summed E-state index contributed by atoms with van der Waals surface area (Å²) in [6.07, 6.45) is 1.13. The second kappa shape index (κ2) is 32.3. The predicted octanol–water partition coefficient (Wildman–Crippen LogP) is 1.67. The normalized spacial score (nSPS) is 12.3. The lowest BCUT2D eigenvalue weighted by molar-refractivity contribution is -0.138. The van der Waals surface area contributed by atoms with Crippen molar-refractivity contribution in [1.82, 2.24) is 0 Å². The SMILES string of the molecule is CCC(C)COCCOCCOCCOCCOCCOCCOCCOCCOCCOCCC(=O)O. The first-order valence-corrected chi connectivity index (χ1v) is 13.7. The van der Waals surface area contributed by atoms with Crippen molar-refractivity contribution < 1.29 is 57.3 Å². The summed E-state index contributed by atoms with van der Waals surface area (Å²) in [6, 6.07) is 0. The number of hydrogen-bond acceptors (Lipinski definition) is 11. The zero-order chi connectivity index (χ0) is 27.8. The van der Waals surface area contributed by atoms with E-state index in [-0.39, 0.29) is 13.0 Å². The van der Waals surface area contributed by atoms with Crippen LogP contribution in [0.4, 0.5) is 0 Å². The summed E-state index contributed by atoms with van der Waals surface area (Å²) in [6.45, 7) is 14.4. The molecule has 1 N–H and O–H groups in total. The molecule has 0 aliphatic heterocycles. The number of carbonyl (C=O) groups is 1. The molecule has 12 nitrogen and oxygen atoms in total. The molecule has 0 saturated carbocycles. The van der Waals surface area contributed by atoms with Gasteiger partial charge < -0.3 is 52.5 Å². The Hall–Kier alpha value is -0.930. The average molecular weight is 557 g/mol. The summed E-state index contributed by atoms with van der Waals surface area (Å²) >= 11 is 0. The fourth-order valence-electron chi connectivity index (χ4n) is 2.54. The highest BCUT2D eigenvalue weighted by Gasteiger charge is 1.99. The van der Waals surface area contributed by atoms with E-state index in [0.717, 1.165) is 13.0 Å². The molecular formula is C26H52O12. The zero-order valence-electron chi connectivity index (χ0n) is 23.6. The molecule has 0 saturated heterocycles. The van der Waals surface area contributed by atoms with Gasteiger partial charge in [0.2, 0.25) is 0 Å². The minimum absolute atomic E-state index is 0.00210. The quantitative estimate of drug-likeness (QED) is 0.118. The van der Waals surface area contributed by atoms with Gasteiger partial charge in [0.05, 0.1) is 132 Å². The number of ether oxygens (including phenoxy) is 10. The Balaban J connectivity index is 3.04. The third-order valence-electron chi connectivity index (χ3n) is 4.91. The van der Waals surface area contributed by atoms with Crippen molar-refractivity contribution in [2.24, 2.45) is 5.92 Å². The van der Waals surface area contributed by atoms with Crippen LogP contribution in [0.25, 0.3) is 0 Å². The molecule has 228 valence electrons. The van der Waals surface area contributed by atoms with Crippen LogP contribution in [0.2, 0.25) is 0 Å². The van der Waals surface area contributed by atoms with E-state index >= 15 is 0 Å². The van der Waals surface area contributed by atoms with Gasteiger partial charge in [-0.3, -0.25) is 4.79 Å². The van der Waals surface area contributed by atoms with Gasteiger partial charge in [0.25, 0.3) is 0 Å². The van der Waals surface area contributed by atoms with Crippen LogP contribution in [0.15, 0.2) is 0 Å². The van der Waals surface area contributed by atoms with Gasteiger partial charge in [-0.1, -0.05) is 20.3 Å². The topological polar surface area (TPSA) is 130 Å². The second-order valence-electron chi connectivity index (χ2n) is 8.24. The van der Waals surface area contributed by atoms with E-state index in [1.54, 1.807) is 0 Å². The van der Waals surface area contributed by atoms with Crippen molar-refractivity contribution in [3.63, 3.8) is 0 Å². The molecule has 38 heavy (non-hydrogen) atoms. The van der Waals surface area contributed by atoms with Crippen LogP contribution < -0.4 is 0 Å². The molecule has 0 bridgehead atoms. The van der Waals surface area contributed by atoms with Crippen molar-refractivity contribution in [2.75, 3.05) is 132 Å². The van der Waals surface area contributed by atoms with E-state index in [2.05, 4.69) is 13.8 Å². The van der Waals surface area contributed by atoms with Gasteiger partial charge in [0.15, 0.2) is 0 Å². The van der Waals surface area contributed by atoms with E-state index < -0.39 is 5.97 Å². The highest BCUT2D eigenvalue weighted by Crippen LogP contribution is 2.00. The average Bonchev–Trinajstić information content (AvgIpc) is 2.91. The van der Waals surface area contributed by atoms with Crippen LogP contribution in [0.1, 0.15) is 26.7 Å². The maximum Gasteiger partial charge on any atom is 0.305 e. The molecule has 1 atom stereocenters. The van der Waals surface area contributed by atoms with Gasteiger partial charge in [-0.05, 0) is 5.92 Å². The third kappa shape index (κ3) is 33.1. The van der Waals surface area contributed by atoms with Crippen LogP contribution in [-0.2, 0) is 52.2 Å². The Morgan fingerprint density at radius 2 is 0.711 bits per heavy atom. The van der Waals surface area contributed by atoms with Crippen LogP contribution >= 0.6 is 0 Å². The van der Waals surface area contributed by atoms with Crippen LogP contribution in [0, 0.1) is 5.92 Å². The number of carboxylic acid groups (broad SMARTS) is 1. The maximum absolute atomic E-state index is 10.3. The van der Waals surface area contributed by atoms with E-state index in [9.17, 15) is 4.79 Å². The molecule has 0 aromatic rings. The Labute approximate surface area is 228 Å². The molecular weight excluding hydrogens is 504 g/mol. The van der Waals surface area contributed by atoms with Gasteiger partial charge in [-0.25, -0.2) is 0 Å². The molecule has 0 spiro atoms. The van der Waals surface area contributed by atoms with Gasteiger partial charge in [0.1, 0.15) is 0 Å². The summed E-state index contributed by atoms with van der Waals surface area (Å²) in [5, 5.41) is 8.47. The van der Waals surface area contributed by atoms with E-state index in [4.69, 9.17) is 52.5 Å². The summed E-state index contributed by atoms with van der Waals surface area (Å²) < 4.78 is 54.0. The standard InChI is InChI=1S/C26H52O12/c1-3-25(2)24-38-23-22-37-21-20-36-19-18-35-17-16-34-15-14-33-13-12-32-11-10-31-9-8-30-7-6-29-5-4-26(27)28/h25H,3-24H2,1-2H3,(H,27,28). The molecule has 1 unspecified atom stereocenters. The first kappa shape index (κ1) is 37.1. The number of carboxylic acids is 1. The lowest BCUT2D eigenvalue weighted by Gasteiger charge is -2.10. The monoisotopic (exact) mass is 556 g/mol. The summed E-state index contributed by atoms with van der Waals surface area (Å²) in [5.41, 5.74) is 0. The Morgan fingerprint density at radius 3 is 0.947 bits per heavy atom. The third-order valence-corrected chi connectivity index (χ3v) is 4.91. The second-order valence-corrected chi connectivity index (χ2v) is 8.24. The molecule has 0 heterocycles. The summed E-state index contributed by atoms with van der Waals surface area (Å²) in [7, 11) is 0. The smallest absolute Gasteiger partial charge is 0.305 e. The minimum Gasteiger partial charge on any atom is -0.481 e. The fourth-order valence-corrected chi connectivity index (χ4v) is 2.54. The molecule has 0 amide bonds. The largest absolute Gasteiger partial charge is 0.481 e. The van der Waals surface area contributed by atoms with E-state index in [0.29, 0.717) is 125 Å². The highest BCUT2D eigenvalue weighted by atomic mass is 16.6. The highest BCUT2D eigenvalue weighted by molar-refractivity contribution is 5.66. The molecule has 0 aliphatic carbocycles. The molecule has 0 aromatic heterocycles. The van der Waals surface area contributed by atoms with Crippen LogP contribution in [0.3, 0.4) is 0 Å². The Kier molecular flexibility index (Phi) is 31.5. The minimum atomic E-state index is -0.871. The van der Waals surface area contributed by atoms with E-state index in [1.807, 2.05) is 0 Å². The lowest BCUT2D eigenvalue weighted by Crippen LogP contribution is -2.15. The molecule has 0 fully saturated rings.